The van der Waals surface area contributed by atoms with E-state index >= 15 is 0 Å². The molecule has 6 aliphatic rings. The molecule has 2 spiro atoms. The first-order valence-corrected chi connectivity index (χ1v) is 19.6. The fraction of sp³-hybridized carbons (Fsp3) is 0.694. The number of carbonyl (C=O) groups is 1. The topological polar surface area (TPSA) is 70.3 Å². The van der Waals surface area contributed by atoms with Crippen LogP contribution in [0.5, 0.6) is 0 Å². The van der Waals surface area contributed by atoms with E-state index in [1.165, 1.54) is 0 Å². The standard InChI is InChI=1S/C36H50N2O4Si/c1-23(22-39)27-13-14-28-33(27,5)17-16-29-34(6)18-15-24(42-43(7,8)32(2,3)4)21-35(34)19-20-36(28,29)38-31(41)26-12-10-9-11-25(26)30(40)37(35)38/h9-12,19-20,22-24,27-29H,13-18,21H2,1-8H3/t23-,24+,27-,28-,29-,33-,34-,35-,36+/m1/s1. The van der Waals surface area contributed by atoms with Crippen LogP contribution in [0, 0.1) is 34.5 Å². The van der Waals surface area contributed by atoms with E-state index in [2.05, 4.69) is 66.8 Å². The molecule has 0 unspecified atom stereocenters. The van der Waals surface area contributed by atoms with Gasteiger partial charge in [-0.3, -0.25) is 9.59 Å². The molecule has 1 aromatic carbocycles. The molecular formula is C36H50N2O4Si. The smallest absolute Gasteiger partial charge is 0.274 e. The summed E-state index contributed by atoms with van der Waals surface area (Å²) in [6, 6.07) is 7.41. The van der Waals surface area contributed by atoms with E-state index in [0.717, 1.165) is 44.8 Å². The predicted octanol–water partition coefficient (Wildman–Crippen LogP) is 7.00. The van der Waals surface area contributed by atoms with Gasteiger partial charge in [0.25, 0.3) is 11.1 Å². The Bertz CT molecular complexity index is 1670. The van der Waals surface area contributed by atoms with E-state index in [9.17, 15) is 14.4 Å². The molecule has 1 aromatic heterocycles. The molecule has 232 valence electrons. The van der Waals surface area contributed by atoms with Crippen LogP contribution in [-0.2, 0) is 20.3 Å². The van der Waals surface area contributed by atoms with Crippen molar-refractivity contribution in [3.8, 4) is 0 Å². The molecule has 43 heavy (non-hydrogen) atoms. The molecule has 2 bridgehead atoms. The molecule has 0 saturated heterocycles. The first-order chi connectivity index (χ1) is 20.1. The normalized spacial score (nSPS) is 40.5. The lowest BCUT2D eigenvalue weighted by Gasteiger charge is -2.72. The Kier molecular flexibility index (Phi) is 6.12. The van der Waals surface area contributed by atoms with Crippen LogP contribution in [0.4, 0.5) is 0 Å². The summed E-state index contributed by atoms with van der Waals surface area (Å²) in [5, 5.41) is 1.12. The number of benzene rings is 1. The minimum Gasteiger partial charge on any atom is -0.414 e. The molecule has 2 aliphatic heterocycles. The lowest BCUT2D eigenvalue weighted by atomic mass is 9.40. The minimum absolute atomic E-state index is 0.0211. The number of carbonyl (C=O) groups excluding carboxylic acids is 1. The van der Waals surface area contributed by atoms with Crippen LogP contribution >= 0.6 is 0 Å². The zero-order valence-corrected chi connectivity index (χ0v) is 28.4. The van der Waals surface area contributed by atoms with Crippen LogP contribution in [0.3, 0.4) is 0 Å². The summed E-state index contributed by atoms with van der Waals surface area (Å²) in [4.78, 5) is 41.7. The predicted molar refractivity (Wildman–Crippen MR) is 174 cm³/mol. The first kappa shape index (κ1) is 29.5. The fourth-order valence-corrected chi connectivity index (χ4v) is 12.5. The summed E-state index contributed by atoms with van der Waals surface area (Å²) in [7, 11) is -2.06. The van der Waals surface area contributed by atoms with Crippen molar-refractivity contribution in [2.75, 3.05) is 0 Å². The second-order valence-electron chi connectivity index (χ2n) is 16.9. The number of allylic oxidation sites excluding steroid dienone is 2. The highest BCUT2D eigenvalue weighted by Gasteiger charge is 2.74. The Balaban J connectivity index is 1.50. The summed E-state index contributed by atoms with van der Waals surface area (Å²) >= 11 is 0. The number of nitrogens with zero attached hydrogens (tertiary/aromatic N) is 2. The molecule has 0 N–H and O–H groups in total. The maximum absolute atomic E-state index is 14.8. The quantitative estimate of drug-likeness (QED) is 0.215. The van der Waals surface area contributed by atoms with Gasteiger partial charge in [0.15, 0.2) is 8.32 Å². The Morgan fingerprint density at radius 3 is 2.21 bits per heavy atom. The van der Waals surface area contributed by atoms with Crippen LogP contribution in [-0.4, -0.2) is 30.1 Å². The zero-order valence-electron chi connectivity index (χ0n) is 27.4. The Hall–Kier alpha value is -2.25. The molecule has 0 radical (unpaired) electrons. The maximum Gasteiger partial charge on any atom is 0.274 e. The number of hydrogen-bond acceptors (Lipinski definition) is 4. The van der Waals surface area contributed by atoms with Gasteiger partial charge >= 0.3 is 0 Å². The van der Waals surface area contributed by atoms with E-state index < -0.39 is 19.4 Å². The summed E-state index contributed by atoms with van der Waals surface area (Å²) in [6.45, 7) is 18.4. The van der Waals surface area contributed by atoms with Crippen molar-refractivity contribution in [3.05, 3.63) is 57.1 Å². The SMILES string of the molecule is C[C@H](C=O)[C@H]1CC[C@@H]2[C@]1(C)CC[C@H]1[C@]23C=C[C@]2(C[C@@H](O[Si](C)(C)C(C)(C)C)CC[C@]12C)n1c(=O)c2ccccc2c(=O)n13. The number of aromatic nitrogens is 2. The number of fused-ring (bicyclic) bond motifs is 2. The van der Waals surface area contributed by atoms with Gasteiger partial charge in [0.05, 0.1) is 21.9 Å². The van der Waals surface area contributed by atoms with Crippen molar-refractivity contribution in [1.29, 1.82) is 0 Å². The molecule has 6 nitrogen and oxygen atoms in total. The fourth-order valence-electron chi connectivity index (χ4n) is 11.1. The third-order valence-corrected chi connectivity index (χ3v) is 18.8. The van der Waals surface area contributed by atoms with Crippen LogP contribution in [0.1, 0.15) is 86.5 Å². The Morgan fingerprint density at radius 2 is 1.58 bits per heavy atom. The van der Waals surface area contributed by atoms with Crippen molar-refractivity contribution >= 4 is 25.4 Å². The van der Waals surface area contributed by atoms with Gasteiger partial charge in [-0.25, -0.2) is 9.36 Å². The molecule has 3 heterocycles. The number of aldehydes is 1. The molecule has 7 heteroatoms. The van der Waals surface area contributed by atoms with Gasteiger partial charge in [-0.1, -0.05) is 65.8 Å². The molecule has 8 rings (SSSR count). The second-order valence-corrected chi connectivity index (χ2v) is 21.7. The van der Waals surface area contributed by atoms with Crippen molar-refractivity contribution in [3.63, 3.8) is 0 Å². The van der Waals surface area contributed by atoms with Gasteiger partial charge in [-0.15, -0.1) is 0 Å². The molecule has 3 fully saturated rings. The van der Waals surface area contributed by atoms with Crippen molar-refractivity contribution in [1.82, 2.24) is 9.36 Å². The van der Waals surface area contributed by atoms with E-state index in [1.54, 1.807) is 0 Å². The highest BCUT2D eigenvalue weighted by molar-refractivity contribution is 6.74. The van der Waals surface area contributed by atoms with Gasteiger partial charge in [0.2, 0.25) is 0 Å². The highest BCUT2D eigenvalue weighted by atomic mass is 28.4. The molecule has 3 saturated carbocycles. The largest absolute Gasteiger partial charge is 0.414 e. The molecule has 0 amide bonds. The first-order valence-electron chi connectivity index (χ1n) is 16.7. The Labute approximate surface area is 257 Å². The zero-order chi connectivity index (χ0) is 31.0. The average molecular weight is 603 g/mol. The lowest BCUT2D eigenvalue weighted by Crippen LogP contribution is -2.78. The van der Waals surface area contributed by atoms with Gasteiger partial charge in [-0.05, 0) is 92.0 Å². The van der Waals surface area contributed by atoms with E-state index in [-0.39, 0.29) is 56.8 Å². The molecule has 2 aromatic rings. The molecule has 9 atom stereocenters. The monoisotopic (exact) mass is 602 g/mol. The van der Waals surface area contributed by atoms with Crippen LogP contribution < -0.4 is 11.1 Å². The summed E-state index contributed by atoms with van der Waals surface area (Å²) in [5.41, 5.74) is -1.59. The Morgan fingerprint density at radius 1 is 0.930 bits per heavy atom. The van der Waals surface area contributed by atoms with Crippen molar-refractivity contribution < 1.29 is 9.22 Å². The highest BCUT2D eigenvalue weighted by Crippen LogP contribution is 2.74. The van der Waals surface area contributed by atoms with Crippen molar-refractivity contribution in [2.45, 2.75) is 122 Å². The van der Waals surface area contributed by atoms with Gasteiger partial charge in [0.1, 0.15) is 6.29 Å². The van der Waals surface area contributed by atoms with Crippen LogP contribution in [0.2, 0.25) is 18.1 Å². The van der Waals surface area contributed by atoms with E-state index in [0.29, 0.717) is 17.2 Å². The molecular weight excluding hydrogens is 552 g/mol. The minimum atomic E-state index is -2.06. The summed E-state index contributed by atoms with van der Waals surface area (Å²) < 4.78 is 11.0. The van der Waals surface area contributed by atoms with E-state index in [4.69, 9.17) is 4.43 Å². The number of rotatable bonds is 4. The van der Waals surface area contributed by atoms with Gasteiger partial charge in [0, 0.05) is 23.9 Å². The van der Waals surface area contributed by atoms with Crippen molar-refractivity contribution in [2.24, 2.45) is 34.5 Å². The van der Waals surface area contributed by atoms with E-state index in [1.807, 2.05) is 33.6 Å². The third kappa shape index (κ3) is 3.42. The summed E-state index contributed by atoms with van der Waals surface area (Å²) in [5.74, 6) is 0.682. The maximum atomic E-state index is 14.8. The number of hydrogen-bond donors (Lipinski definition) is 0. The molecule has 4 aliphatic carbocycles. The second kappa shape index (κ2) is 8.93. The average Bonchev–Trinajstić information content (AvgIpc) is 3.32. The van der Waals surface area contributed by atoms with Crippen LogP contribution in [0.25, 0.3) is 10.8 Å². The van der Waals surface area contributed by atoms with Gasteiger partial charge in [-0.2, -0.15) is 0 Å². The van der Waals surface area contributed by atoms with Gasteiger partial charge < -0.3 is 9.22 Å². The lowest BCUT2D eigenvalue weighted by molar-refractivity contribution is -0.200. The third-order valence-electron chi connectivity index (χ3n) is 14.2. The summed E-state index contributed by atoms with van der Waals surface area (Å²) in [6.07, 6.45) is 12.6. The van der Waals surface area contributed by atoms with Crippen LogP contribution in [0.15, 0.2) is 46.0 Å².